The third-order valence-corrected chi connectivity index (χ3v) is 4.82. The van der Waals surface area contributed by atoms with E-state index in [1.54, 1.807) is 0 Å². The fraction of sp³-hybridized carbons (Fsp3) is 0.800. The second-order valence-corrected chi connectivity index (χ2v) is 5.72. The third kappa shape index (κ3) is 2.90. The standard InChI is InChI=1S/C15H29N5/c1-5-19(6-2)13-7-8-20(11-13)15(9-16)14-10-17-18(4)12(14)3/h10,13,15H,5-9,11,16H2,1-4H3. The monoisotopic (exact) mass is 279 g/mol. The minimum atomic E-state index is 0.310. The van der Waals surface area contributed by atoms with Crippen molar-refractivity contribution in [3.8, 4) is 0 Å². The highest BCUT2D eigenvalue weighted by atomic mass is 15.3. The van der Waals surface area contributed by atoms with Crippen molar-refractivity contribution in [1.82, 2.24) is 19.6 Å². The van der Waals surface area contributed by atoms with Gasteiger partial charge in [0.15, 0.2) is 0 Å². The SMILES string of the molecule is CCN(CC)C1CCN(C(CN)c2cnn(C)c2C)C1. The van der Waals surface area contributed by atoms with Gasteiger partial charge in [-0.05, 0) is 26.4 Å². The average Bonchev–Trinajstić information content (AvgIpc) is 3.04. The molecule has 0 aliphatic carbocycles. The number of nitrogens with two attached hydrogens (primary N) is 1. The van der Waals surface area contributed by atoms with Crippen LogP contribution in [0.4, 0.5) is 0 Å². The van der Waals surface area contributed by atoms with E-state index in [1.165, 1.54) is 17.7 Å². The van der Waals surface area contributed by atoms with Crippen molar-refractivity contribution in [2.45, 2.75) is 39.3 Å². The van der Waals surface area contributed by atoms with Crippen LogP contribution in [-0.4, -0.2) is 58.3 Å². The van der Waals surface area contributed by atoms with Gasteiger partial charge in [0.2, 0.25) is 0 Å². The van der Waals surface area contributed by atoms with Gasteiger partial charge in [-0.15, -0.1) is 0 Å². The molecule has 20 heavy (non-hydrogen) atoms. The lowest BCUT2D eigenvalue weighted by molar-refractivity contribution is 0.189. The van der Waals surface area contributed by atoms with Crippen LogP contribution in [0.1, 0.15) is 37.6 Å². The van der Waals surface area contributed by atoms with Gasteiger partial charge in [0.1, 0.15) is 0 Å². The van der Waals surface area contributed by atoms with Crippen LogP contribution in [0.15, 0.2) is 6.20 Å². The topological polar surface area (TPSA) is 50.3 Å². The molecule has 1 aromatic heterocycles. The van der Waals surface area contributed by atoms with Gasteiger partial charge in [-0.3, -0.25) is 14.5 Å². The van der Waals surface area contributed by atoms with Crippen molar-refractivity contribution >= 4 is 0 Å². The number of rotatable bonds is 6. The molecule has 0 spiro atoms. The Balaban J connectivity index is 2.09. The van der Waals surface area contributed by atoms with E-state index < -0.39 is 0 Å². The zero-order valence-corrected chi connectivity index (χ0v) is 13.3. The summed E-state index contributed by atoms with van der Waals surface area (Å²) in [6, 6.07) is 0.986. The van der Waals surface area contributed by atoms with Crippen LogP contribution in [0.5, 0.6) is 0 Å². The molecule has 0 amide bonds. The number of aromatic nitrogens is 2. The Morgan fingerprint density at radius 1 is 1.45 bits per heavy atom. The Kier molecular flexibility index (Phi) is 5.18. The van der Waals surface area contributed by atoms with Gasteiger partial charge in [0.25, 0.3) is 0 Å². The van der Waals surface area contributed by atoms with Gasteiger partial charge >= 0.3 is 0 Å². The smallest absolute Gasteiger partial charge is 0.0540 e. The molecule has 1 aliphatic rings. The highest BCUT2D eigenvalue weighted by Gasteiger charge is 2.32. The summed E-state index contributed by atoms with van der Waals surface area (Å²) in [5.41, 5.74) is 8.57. The maximum atomic E-state index is 6.06. The minimum Gasteiger partial charge on any atom is -0.329 e. The van der Waals surface area contributed by atoms with Gasteiger partial charge in [-0.2, -0.15) is 5.10 Å². The summed E-state index contributed by atoms with van der Waals surface area (Å²) in [5, 5.41) is 4.37. The van der Waals surface area contributed by atoms with Gasteiger partial charge in [-0.1, -0.05) is 13.8 Å². The van der Waals surface area contributed by atoms with Crippen LogP contribution in [0.2, 0.25) is 0 Å². The van der Waals surface area contributed by atoms with Crippen molar-refractivity contribution in [3.63, 3.8) is 0 Å². The first kappa shape index (κ1) is 15.5. The maximum Gasteiger partial charge on any atom is 0.0540 e. The molecular weight excluding hydrogens is 250 g/mol. The molecule has 5 nitrogen and oxygen atoms in total. The lowest BCUT2D eigenvalue weighted by atomic mass is 10.1. The van der Waals surface area contributed by atoms with E-state index in [0.29, 0.717) is 18.6 Å². The van der Waals surface area contributed by atoms with Crippen LogP contribution in [0.3, 0.4) is 0 Å². The van der Waals surface area contributed by atoms with Gasteiger partial charge in [0.05, 0.1) is 12.2 Å². The Bertz CT molecular complexity index is 424. The lowest BCUT2D eigenvalue weighted by Crippen LogP contribution is -2.39. The normalized spacial score (nSPS) is 21.8. The molecule has 1 aliphatic heterocycles. The number of hydrogen-bond acceptors (Lipinski definition) is 4. The first-order chi connectivity index (χ1) is 9.62. The largest absolute Gasteiger partial charge is 0.329 e. The molecule has 114 valence electrons. The Morgan fingerprint density at radius 2 is 2.15 bits per heavy atom. The summed E-state index contributed by atoms with van der Waals surface area (Å²) in [6.07, 6.45) is 3.23. The second-order valence-electron chi connectivity index (χ2n) is 5.72. The fourth-order valence-electron chi connectivity index (χ4n) is 3.40. The Hall–Kier alpha value is -0.910. The van der Waals surface area contributed by atoms with Crippen LogP contribution in [0.25, 0.3) is 0 Å². The molecule has 2 rings (SSSR count). The zero-order valence-electron chi connectivity index (χ0n) is 13.3. The van der Waals surface area contributed by atoms with E-state index in [-0.39, 0.29) is 0 Å². The average molecular weight is 279 g/mol. The summed E-state index contributed by atoms with van der Waals surface area (Å²) in [7, 11) is 2.00. The molecule has 5 heteroatoms. The quantitative estimate of drug-likeness (QED) is 0.848. The van der Waals surface area contributed by atoms with E-state index in [0.717, 1.165) is 26.2 Å². The van der Waals surface area contributed by atoms with Crippen LogP contribution in [0, 0.1) is 6.92 Å². The summed E-state index contributed by atoms with van der Waals surface area (Å²) in [5.74, 6) is 0. The fourth-order valence-corrected chi connectivity index (χ4v) is 3.40. The molecular formula is C15H29N5. The van der Waals surface area contributed by atoms with Crippen molar-refractivity contribution in [3.05, 3.63) is 17.5 Å². The first-order valence-electron chi connectivity index (χ1n) is 7.78. The molecule has 0 bridgehead atoms. The highest BCUT2D eigenvalue weighted by molar-refractivity contribution is 5.21. The molecule has 1 saturated heterocycles. The van der Waals surface area contributed by atoms with Gasteiger partial charge in [-0.25, -0.2) is 0 Å². The predicted molar refractivity (Wildman–Crippen MR) is 82.6 cm³/mol. The van der Waals surface area contributed by atoms with Crippen LogP contribution < -0.4 is 5.73 Å². The summed E-state index contributed by atoms with van der Waals surface area (Å²) < 4.78 is 1.94. The van der Waals surface area contributed by atoms with Crippen molar-refractivity contribution in [2.75, 3.05) is 32.7 Å². The molecule has 2 unspecified atom stereocenters. The zero-order chi connectivity index (χ0) is 14.7. The Morgan fingerprint density at radius 3 is 2.65 bits per heavy atom. The molecule has 0 radical (unpaired) electrons. The Labute approximate surface area is 122 Å². The number of aryl methyl sites for hydroxylation is 1. The van der Waals surface area contributed by atoms with E-state index in [4.69, 9.17) is 5.73 Å². The molecule has 2 heterocycles. The number of likely N-dealkylation sites (tertiary alicyclic amines) is 1. The number of likely N-dealkylation sites (N-methyl/N-ethyl adjacent to an activating group) is 1. The molecule has 1 aromatic rings. The molecule has 2 atom stereocenters. The molecule has 0 aromatic carbocycles. The molecule has 2 N–H and O–H groups in total. The van der Waals surface area contributed by atoms with Gasteiger partial charge < -0.3 is 5.73 Å². The van der Waals surface area contributed by atoms with Crippen molar-refractivity contribution in [1.29, 1.82) is 0 Å². The minimum absolute atomic E-state index is 0.310. The second kappa shape index (κ2) is 6.70. The van der Waals surface area contributed by atoms with E-state index in [9.17, 15) is 0 Å². The van der Waals surface area contributed by atoms with Crippen molar-refractivity contribution in [2.24, 2.45) is 12.8 Å². The third-order valence-electron chi connectivity index (χ3n) is 4.82. The number of nitrogens with zero attached hydrogens (tertiary/aromatic N) is 4. The predicted octanol–water partition coefficient (Wildman–Crippen LogP) is 1.14. The first-order valence-corrected chi connectivity index (χ1v) is 7.78. The van der Waals surface area contributed by atoms with Crippen LogP contribution in [-0.2, 0) is 7.05 Å². The maximum absolute atomic E-state index is 6.06. The molecule has 1 fully saturated rings. The summed E-state index contributed by atoms with van der Waals surface area (Å²) >= 11 is 0. The summed E-state index contributed by atoms with van der Waals surface area (Å²) in [4.78, 5) is 5.09. The lowest BCUT2D eigenvalue weighted by Gasteiger charge is -2.29. The number of hydrogen-bond donors (Lipinski definition) is 1. The highest BCUT2D eigenvalue weighted by Crippen LogP contribution is 2.27. The molecule has 0 saturated carbocycles. The van der Waals surface area contributed by atoms with Crippen LogP contribution >= 0.6 is 0 Å². The van der Waals surface area contributed by atoms with Crippen molar-refractivity contribution < 1.29 is 0 Å². The summed E-state index contributed by atoms with van der Waals surface area (Å²) in [6.45, 7) is 11.8. The van der Waals surface area contributed by atoms with E-state index >= 15 is 0 Å². The van der Waals surface area contributed by atoms with E-state index in [2.05, 4.69) is 35.7 Å². The van der Waals surface area contributed by atoms with Gasteiger partial charge in [0, 0.05) is 44.0 Å². The van der Waals surface area contributed by atoms with E-state index in [1.807, 2.05) is 17.9 Å².